The highest BCUT2D eigenvalue weighted by atomic mass is 32.1. The van der Waals surface area contributed by atoms with E-state index in [1.54, 1.807) is 29.5 Å². The molecule has 0 bridgehead atoms. The number of aryl methyl sites for hydroxylation is 2. The molecular formula is C28H19FN4OS. The van der Waals surface area contributed by atoms with Crippen LogP contribution in [0, 0.1) is 19.7 Å². The number of hydrogen-bond acceptors (Lipinski definition) is 6. The molecule has 7 heteroatoms. The summed E-state index contributed by atoms with van der Waals surface area (Å²) < 4.78 is 13.5. The molecule has 35 heavy (non-hydrogen) atoms. The predicted molar refractivity (Wildman–Crippen MR) is 137 cm³/mol. The number of carbonyl (C=O) groups excluding carboxylic acids is 1. The van der Waals surface area contributed by atoms with E-state index < -0.39 is 0 Å². The Hall–Kier alpha value is -4.23. The van der Waals surface area contributed by atoms with Gasteiger partial charge in [0.15, 0.2) is 5.78 Å². The smallest absolute Gasteiger partial charge is 0.221 e. The molecule has 6 rings (SSSR count). The minimum absolute atomic E-state index is 0.0555. The van der Waals surface area contributed by atoms with Gasteiger partial charge in [-0.2, -0.15) is 0 Å². The van der Waals surface area contributed by atoms with Crippen LogP contribution in [0.1, 0.15) is 27.2 Å². The zero-order chi connectivity index (χ0) is 24.3. The number of nitrogens with zero attached hydrogens (tertiary/aromatic N) is 3. The van der Waals surface area contributed by atoms with E-state index in [0.29, 0.717) is 28.1 Å². The summed E-state index contributed by atoms with van der Waals surface area (Å²) in [6, 6.07) is 19.8. The SMILES string of the molecule is Cc1ccc(-c2nc(C)c(-c3cccc4c3-c3nc(N)nc(-c5ccc(F)cc5)c3C4=O)s2)cc1. The molecule has 0 spiro atoms. The molecule has 0 saturated carbocycles. The van der Waals surface area contributed by atoms with Crippen LogP contribution in [0.5, 0.6) is 0 Å². The van der Waals surface area contributed by atoms with Crippen LogP contribution in [-0.4, -0.2) is 20.7 Å². The second-order valence-electron chi connectivity index (χ2n) is 8.52. The van der Waals surface area contributed by atoms with Gasteiger partial charge in [-0.3, -0.25) is 4.79 Å². The number of ketones is 1. The molecule has 170 valence electrons. The lowest BCUT2D eigenvalue weighted by atomic mass is 10.0. The van der Waals surface area contributed by atoms with Crippen LogP contribution in [0.15, 0.2) is 66.7 Å². The third kappa shape index (κ3) is 3.43. The van der Waals surface area contributed by atoms with Crippen molar-refractivity contribution < 1.29 is 9.18 Å². The van der Waals surface area contributed by atoms with Gasteiger partial charge in [-0.1, -0.05) is 48.0 Å². The van der Waals surface area contributed by atoms with Gasteiger partial charge in [0, 0.05) is 27.8 Å². The van der Waals surface area contributed by atoms with E-state index in [1.165, 1.54) is 17.7 Å². The molecule has 0 aliphatic heterocycles. The maximum Gasteiger partial charge on any atom is 0.221 e. The van der Waals surface area contributed by atoms with Crippen molar-refractivity contribution in [3.63, 3.8) is 0 Å². The van der Waals surface area contributed by atoms with E-state index in [-0.39, 0.29) is 17.5 Å². The van der Waals surface area contributed by atoms with Gasteiger partial charge in [0.05, 0.1) is 27.5 Å². The molecule has 5 nitrogen and oxygen atoms in total. The van der Waals surface area contributed by atoms with Crippen LogP contribution in [0.2, 0.25) is 0 Å². The third-order valence-electron chi connectivity index (χ3n) is 6.16. The van der Waals surface area contributed by atoms with Crippen LogP contribution < -0.4 is 5.73 Å². The number of nitrogens with two attached hydrogens (primary N) is 1. The Bertz CT molecular complexity index is 1640. The Morgan fingerprint density at radius 3 is 2.17 bits per heavy atom. The average molecular weight is 479 g/mol. The van der Waals surface area contributed by atoms with Crippen molar-refractivity contribution in [3.8, 4) is 43.5 Å². The normalized spacial score (nSPS) is 12.0. The largest absolute Gasteiger partial charge is 0.368 e. The van der Waals surface area contributed by atoms with Crippen LogP contribution >= 0.6 is 11.3 Å². The number of thiazole rings is 1. The molecule has 0 unspecified atom stereocenters. The van der Waals surface area contributed by atoms with Gasteiger partial charge in [-0.05, 0) is 38.1 Å². The zero-order valence-corrected chi connectivity index (χ0v) is 19.8. The summed E-state index contributed by atoms with van der Waals surface area (Å²) in [6.07, 6.45) is 0. The molecule has 2 N–H and O–H groups in total. The lowest BCUT2D eigenvalue weighted by molar-refractivity contribution is 0.104. The van der Waals surface area contributed by atoms with E-state index in [0.717, 1.165) is 32.3 Å². The number of halogens is 1. The summed E-state index contributed by atoms with van der Waals surface area (Å²) >= 11 is 1.58. The lowest BCUT2D eigenvalue weighted by Gasteiger charge is -2.09. The monoisotopic (exact) mass is 478 g/mol. The van der Waals surface area contributed by atoms with Crippen molar-refractivity contribution in [3.05, 3.63) is 94.9 Å². The van der Waals surface area contributed by atoms with Crippen molar-refractivity contribution in [1.82, 2.24) is 15.0 Å². The predicted octanol–water partition coefficient (Wildman–Crippen LogP) is 6.48. The Balaban J connectivity index is 1.56. The Kier molecular flexibility index (Phi) is 4.82. The minimum Gasteiger partial charge on any atom is -0.368 e. The van der Waals surface area contributed by atoms with Gasteiger partial charge < -0.3 is 5.73 Å². The molecule has 0 amide bonds. The highest BCUT2D eigenvalue weighted by molar-refractivity contribution is 7.18. The minimum atomic E-state index is -0.366. The van der Waals surface area contributed by atoms with E-state index in [2.05, 4.69) is 41.2 Å². The molecule has 0 atom stereocenters. The molecule has 2 aromatic heterocycles. The molecule has 2 heterocycles. The van der Waals surface area contributed by atoms with E-state index >= 15 is 0 Å². The first-order valence-corrected chi connectivity index (χ1v) is 11.9. The average Bonchev–Trinajstić information content (AvgIpc) is 3.37. The summed E-state index contributed by atoms with van der Waals surface area (Å²) in [5.41, 5.74) is 13.3. The number of carbonyl (C=O) groups is 1. The second kappa shape index (κ2) is 7.92. The Morgan fingerprint density at radius 1 is 0.771 bits per heavy atom. The number of anilines is 1. The number of fused-ring (bicyclic) bond motifs is 3. The van der Waals surface area contributed by atoms with Crippen molar-refractivity contribution in [2.45, 2.75) is 13.8 Å². The zero-order valence-electron chi connectivity index (χ0n) is 19.0. The standard InChI is InChI=1S/C28H19FN4OS/c1-14-6-8-17(9-7-14)27-31-15(2)26(35-27)20-5-3-4-19-21(20)24-22(25(19)34)23(32-28(30)33-24)16-10-12-18(29)13-11-16/h3-13H,1-2H3,(H2,30,32,33). The fourth-order valence-corrected chi connectivity index (χ4v) is 5.58. The summed E-state index contributed by atoms with van der Waals surface area (Å²) in [6.45, 7) is 4.02. The maximum atomic E-state index is 13.6. The Morgan fingerprint density at radius 2 is 1.43 bits per heavy atom. The quantitative estimate of drug-likeness (QED) is 0.315. The number of hydrogen-bond donors (Lipinski definition) is 1. The number of nitrogen functional groups attached to an aromatic ring is 1. The van der Waals surface area contributed by atoms with Crippen molar-refractivity contribution in [2.24, 2.45) is 0 Å². The third-order valence-corrected chi connectivity index (χ3v) is 7.40. The molecule has 0 saturated heterocycles. The number of rotatable bonds is 3. The van der Waals surface area contributed by atoms with Crippen molar-refractivity contribution in [2.75, 3.05) is 5.73 Å². The molecule has 5 aromatic rings. The molecular weight excluding hydrogens is 459 g/mol. The van der Waals surface area contributed by atoms with Crippen LogP contribution in [0.4, 0.5) is 10.3 Å². The van der Waals surface area contributed by atoms with Crippen LogP contribution in [-0.2, 0) is 0 Å². The van der Waals surface area contributed by atoms with Gasteiger partial charge in [0.25, 0.3) is 0 Å². The molecule has 1 aliphatic carbocycles. The van der Waals surface area contributed by atoms with E-state index in [9.17, 15) is 9.18 Å². The van der Waals surface area contributed by atoms with Gasteiger partial charge in [-0.25, -0.2) is 19.3 Å². The fraction of sp³-hybridized carbons (Fsp3) is 0.0714. The fourth-order valence-electron chi connectivity index (χ4n) is 4.48. The van der Waals surface area contributed by atoms with Gasteiger partial charge >= 0.3 is 0 Å². The summed E-state index contributed by atoms with van der Waals surface area (Å²) in [4.78, 5) is 28.2. The molecule has 0 radical (unpaired) electrons. The van der Waals surface area contributed by atoms with Crippen LogP contribution in [0.3, 0.4) is 0 Å². The number of aromatic nitrogens is 3. The van der Waals surface area contributed by atoms with Gasteiger partial charge in [-0.15, -0.1) is 11.3 Å². The first kappa shape index (κ1) is 21.3. The highest BCUT2D eigenvalue weighted by Crippen LogP contribution is 2.47. The van der Waals surface area contributed by atoms with E-state index in [4.69, 9.17) is 10.7 Å². The lowest BCUT2D eigenvalue weighted by Crippen LogP contribution is -2.05. The van der Waals surface area contributed by atoms with Crippen molar-refractivity contribution in [1.29, 1.82) is 0 Å². The van der Waals surface area contributed by atoms with Crippen molar-refractivity contribution >= 4 is 23.1 Å². The topological polar surface area (TPSA) is 81.8 Å². The van der Waals surface area contributed by atoms with Gasteiger partial charge in [0.1, 0.15) is 10.8 Å². The van der Waals surface area contributed by atoms with Crippen LogP contribution in [0.25, 0.3) is 43.5 Å². The van der Waals surface area contributed by atoms with E-state index in [1.807, 2.05) is 19.1 Å². The first-order chi connectivity index (χ1) is 16.9. The summed E-state index contributed by atoms with van der Waals surface area (Å²) in [5, 5.41) is 0.911. The Labute approximate surface area is 205 Å². The van der Waals surface area contributed by atoms with Gasteiger partial charge in [0.2, 0.25) is 5.95 Å². The molecule has 0 fully saturated rings. The molecule has 1 aliphatic rings. The first-order valence-electron chi connectivity index (χ1n) is 11.1. The second-order valence-corrected chi connectivity index (χ2v) is 9.52. The summed E-state index contributed by atoms with van der Waals surface area (Å²) in [7, 11) is 0. The highest BCUT2D eigenvalue weighted by Gasteiger charge is 2.35. The molecule has 3 aromatic carbocycles. The summed E-state index contributed by atoms with van der Waals surface area (Å²) in [5.74, 6) is -0.480. The maximum absolute atomic E-state index is 13.6. The number of benzene rings is 3.